The predicted octanol–water partition coefficient (Wildman–Crippen LogP) is 1.11. The van der Waals surface area contributed by atoms with E-state index in [1.807, 2.05) is 6.92 Å². The van der Waals surface area contributed by atoms with E-state index < -0.39 is 0 Å². The Balaban J connectivity index is 1.97. The van der Waals surface area contributed by atoms with Gasteiger partial charge in [-0.1, -0.05) is 11.3 Å². The molecule has 1 fully saturated rings. The molecule has 1 aromatic rings. The zero-order valence-electron chi connectivity index (χ0n) is 7.56. The Hall–Kier alpha value is -0.680. The van der Waals surface area contributed by atoms with E-state index in [-0.39, 0.29) is 12.1 Å². The fraction of sp³-hybridized carbons (Fsp3) is 0.750. The van der Waals surface area contributed by atoms with E-state index >= 15 is 0 Å². The largest absolute Gasteiger partial charge is 0.464 e. The molecule has 1 saturated carbocycles. The number of hydrogen-bond acceptors (Lipinski definition) is 5. The molecule has 0 spiro atoms. The highest BCUT2D eigenvalue weighted by molar-refractivity contribution is 7.12. The molecule has 1 aromatic heterocycles. The van der Waals surface area contributed by atoms with Crippen molar-refractivity contribution in [1.29, 1.82) is 0 Å². The van der Waals surface area contributed by atoms with Crippen molar-refractivity contribution in [1.82, 2.24) is 10.2 Å². The molecule has 0 bridgehead atoms. The van der Waals surface area contributed by atoms with E-state index in [9.17, 15) is 0 Å². The second-order valence-corrected chi connectivity index (χ2v) is 4.48. The first-order chi connectivity index (χ1) is 6.25. The van der Waals surface area contributed by atoms with Gasteiger partial charge < -0.3 is 10.5 Å². The van der Waals surface area contributed by atoms with Crippen molar-refractivity contribution in [3.8, 4) is 5.19 Å². The van der Waals surface area contributed by atoms with E-state index in [1.54, 1.807) is 0 Å². The maximum absolute atomic E-state index is 5.87. The molecule has 2 rings (SSSR count). The standard InChI is InChI=1S/C8H13N3OS/c1-5-10-11-8(13-5)12-7-4-2-3-6(7)9/h6-7H,2-4,9H2,1H3. The summed E-state index contributed by atoms with van der Waals surface area (Å²) in [7, 11) is 0. The monoisotopic (exact) mass is 199 g/mol. The summed E-state index contributed by atoms with van der Waals surface area (Å²) in [4.78, 5) is 0. The zero-order valence-corrected chi connectivity index (χ0v) is 8.38. The number of rotatable bonds is 2. The van der Waals surface area contributed by atoms with Gasteiger partial charge in [0.25, 0.3) is 5.19 Å². The van der Waals surface area contributed by atoms with Crippen molar-refractivity contribution in [3.63, 3.8) is 0 Å². The summed E-state index contributed by atoms with van der Waals surface area (Å²) < 4.78 is 5.63. The van der Waals surface area contributed by atoms with Crippen LogP contribution in [0.25, 0.3) is 0 Å². The fourth-order valence-corrected chi connectivity index (χ4v) is 2.14. The molecular formula is C8H13N3OS. The minimum Gasteiger partial charge on any atom is -0.464 e. The third-order valence-corrected chi connectivity index (χ3v) is 2.99. The molecule has 4 nitrogen and oxygen atoms in total. The first-order valence-corrected chi connectivity index (χ1v) is 5.29. The van der Waals surface area contributed by atoms with E-state index in [4.69, 9.17) is 10.5 Å². The molecule has 5 heteroatoms. The average molecular weight is 199 g/mol. The molecule has 2 unspecified atom stereocenters. The lowest BCUT2D eigenvalue weighted by atomic mass is 10.2. The van der Waals surface area contributed by atoms with E-state index in [1.165, 1.54) is 11.3 Å². The van der Waals surface area contributed by atoms with Crippen LogP contribution in [0.5, 0.6) is 5.19 Å². The molecule has 72 valence electrons. The van der Waals surface area contributed by atoms with Crippen LogP contribution in [0.15, 0.2) is 0 Å². The third kappa shape index (κ3) is 1.97. The molecule has 2 N–H and O–H groups in total. The molecule has 2 atom stereocenters. The van der Waals surface area contributed by atoms with Crippen LogP contribution in [0.3, 0.4) is 0 Å². The minimum absolute atomic E-state index is 0.146. The number of aryl methyl sites for hydroxylation is 1. The van der Waals surface area contributed by atoms with Gasteiger partial charge in [0.1, 0.15) is 11.1 Å². The SMILES string of the molecule is Cc1nnc(OC2CCCC2N)s1. The van der Waals surface area contributed by atoms with Gasteiger partial charge in [0.05, 0.1) is 0 Å². The normalized spacial score (nSPS) is 27.8. The fourth-order valence-electron chi connectivity index (χ4n) is 1.56. The summed E-state index contributed by atoms with van der Waals surface area (Å²) in [6.45, 7) is 1.92. The lowest BCUT2D eigenvalue weighted by molar-refractivity contribution is 0.189. The maximum Gasteiger partial charge on any atom is 0.294 e. The van der Waals surface area contributed by atoms with Crippen LogP contribution in [0.4, 0.5) is 0 Å². The minimum atomic E-state index is 0.146. The molecule has 1 heterocycles. The number of aromatic nitrogens is 2. The van der Waals surface area contributed by atoms with E-state index in [0.717, 1.165) is 24.3 Å². The van der Waals surface area contributed by atoms with Gasteiger partial charge >= 0.3 is 0 Å². The van der Waals surface area contributed by atoms with Gasteiger partial charge in [0.15, 0.2) is 0 Å². The Morgan fingerprint density at radius 1 is 1.46 bits per heavy atom. The van der Waals surface area contributed by atoms with E-state index in [0.29, 0.717) is 5.19 Å². The van der Waals surface area contributed by atoms with Crippen molar-refractivity contribution in [2.24, 2.45) is 5.73 Å². The average Bonchev–Trinajstić information content (AvgIpc) is 2.64. The molecule has 1 aliphatic rings. The summed E-state index contributed by atoms with van der Waals surface area (Å²) in [5.41, 5.74) is 5.87. The van der Waals surface area contributed by atoms with Gasteiger partial charge in [-0.2, -0.15) is 0 Å². The Labute approximate surface area is 81.1 Å². The van der Waals surface area contributed by atoms with Crippen molar-refractivity contribution in [3.05, 3.63) is 5.01 Å². The molecule has 0 saturated heterocycles. The Morgan fingerprint density at radius 3 is 2.85 bits per heavy atom. The van der Waals surface area contributed by atoms with Crippen molar-refractivity contribution in [2.45, 2.75) is 38.3 Å². The Kier molecular flexibility index (Phi) is 2.46. The summed E-state index contributed by atoms with van der Waals surface area (Å²) in [6.07, 6.45) is 3.40. The second kappa shape index (κ2) is 3.59. The molecule has 0 amide bonds. The lowest BCUT2D eigenvalue weighted by Crippen LogP contribution is -2.33. The molecule has 1 aliphatic carbocycles. The van der Waals surface area contributed by atoms with Crippen LogP contribution in [-0.2, 0) is 0 Å². The number of hydrogen-bond donors (Lipinski definition) is 1. The Morgan fingerprint density at radius 2 is 2.31 bits per heavy atom. The quantitative estimate of drug-likeness (QED) is 0.775. The second-order valence-electron chi connectivity index (χ2n) is 3.34. The van der Waals surface area contributed by atoms with Crippen molar-refractivity contribution < 1.29 is 4.74 Å². The predicted molar refractivity (Wildman–Crippen MR) is 50.9 cm³/mol. The zero-order chi connectivity index (χ0) is 9.26. The van der Waals surface area contributed by atoms with Gasteiger partial charge in [0.2, 0.25) is 0 Å². The summed E-state index contributed by atoms with van der Waals surface area (Å²) in [5, 5.41) is 9.38. The molecule has 13 heavy (non-hydrogen) atoms. The topological polar surface area (TPSA) is 61.0 Å². The summed E-state index contributed by atoms with van der Waals surface area (Å²) in [5.74, 6) is 0. The van der Waals surface area contributed by atoms with E-state index in [2.05, 4.69) is 10.2 Å². The number of nitrogens with two attached hydrogens (primary N) is 1. The van der Waals surface area contributed by atoms with Gasteiger partial charge in [0, 0.05) is 6.04 Å². The highest BCUT2D eigenvalue weighted by Gasteiger charge is 2.26. The summed E-state index contributed by atoms with van der Waals surface area (Å²) >= 11 is 1.48. The van der Waals surface area contributed by atoms with Gasteiger partial charge in [-0.3, -0.25) is 0 Å². The molecule has 0 radical (unpaired) electrons. The van der Waals surface area contributed by atoms with Crippen LogP contribution in [0.2, 0.25) is 0 Å². The molecule has 0 aliphatic heterocycles. The summed E-state index contributed by atoms with van der Waals surface area (Å²) in [6, 6.07) is 0.171. The maximum atomic E-state index is 5.87. The van der Waals surface area contributed by atoms with Crippen LogP contribution < -0.4 is 10.5 Å². The highest BCUT2D eigenvalue weighted by Crippen LogP contribution is 2.25. The van der Waals surface area contributed by atoms with Crippen molar-refractivity contribution in [2.75, 3.05) is 0 Å². The van der Waals surface area contributed by atoms with Crippen molar-refractivity contribution >= 4 is 11.3 Å². The Bertz CT molecular complexity index is 289. The first kappa shape index (κ1) is 8.90. The van der Waals surface area contributed by atoms with Crippen LogP contribution >= 0.6 is 11.3 Å². The smallest absolute Gasteiger partial charge is 0.294 e. The number of ether oxygens (including phenoxy) is 1. The van der Waals surface area contributed by atoms with Gasteiger partial charge in [-0.05, 0) is 26.2 Å². The highest BCUT2D eigenvalue weighted by atomic mass is 32.1. The van der Waals surface area contributed by atoms with Crippen LogP contribution in [-0.4, -0.2) is 22.3 Å². The molecule has 0 aromatic carbocycles. The molecular weight excluding hydrogens is 186 g/mol. The lowest BCUT2D eigenvalue weighted by Gasteiger charge is -2.14. The first-order valence-electron chi connectivity index (χ1n) is 4.48. The number of nitrogens with zero attached hydrogens (tertiary/aromatic N) is 2. The van der Waals surface area contributed by atoms with Gasteiger partial charge in [-0.25, -0.2) is 0 Å². The van der Waals surface area contributed by atoms with Gasteiger partial charge in [-0.15, -0.1) is 10.2 Å². The third-order valence-electron chi connectivity index (χ3n) is 2.26. The van der Waals surface area contributed by atoms with Crippen LogP contribution in [0.1, 0.15) is 24.3 Å². The van der Waals surface area contributed by atoms with Crippen LogP contribution in [0, 0.1) is 6.92 Å².